The van der Waals surface area contributed by atoms with Crippen LogP contribution in [0.25, 0.3) is 11.1 Å². The minimum Gasteiger partial charge on any atom is -0.493 e. The summed E-state index contributed by atoms with van der Waals surface area (Å²) in [5, 5.41) is 49.7. The predicted molar refractivity (Wildman–Crippen MR) is 166 cm³/mol. The molecule has 2 aromatic heterocycles. The summed E-state index contributed by atoms with van der Waals surface area (Å²) in [5.74, 6) is -0.780. The van der Waals surface area contributed by atoms with Crippen LogP contribution in [-0.2, 0) is 32.6 Å². The second kappa shape index (κ2) is 14.1. The van der Waals surface area contributed by atoms with Crippen molar-refractivity contribution in [2.75, 3.05) is 0 Å². The second-order valence-electron chi connectivity index (χ2n) is 9.63. The lowest BCUT2D eigenvalue weighted by Gasteiger charge is -2.13. The van der Waals surface area contributed by atoms with Crippen LogP contribution in [0.3, 0.4) is 0 Å². The summed E-state index contributed by atoms with van der Waals surface area (Å²) in [5.41, 5.74) is 0.323. The first-order valence-corrected chi connectivity index (χ1v) is 15.6. The normalized spacial score (nSPS) is 12.0. The third-order valence-corrected chi connectivity index (χ3v) is 8.25. The zero-order valence-corrected chi connectivity index (χ0v) is 26.4. The van der Waals surface area contributed by atoms with E-state index >= 15 is 0 Å². The lowest BCUT2D eigenvalue weighted by molar-refractivity contribution is -0.432. The van der Waals surface area contributed by atoms with Gasteiger partial charge in [0, 0.05) is 35.7 Å². The van der Waals surface area contributed by atoms with Crippen molar-refractivity contribution in [1.82, 2.24) is 9.13 Å². The molecular weight excluding hydrogens is 644 g/mol. The van der Waals surface area contributed by atoms with E-state index < -0.39 is 32.0 Å². The molecule has 0 aliphatic heterocycles. The Hall–Kier alpha value is -4.72. The molecule has 4 aromatic rings. The van der Waals surface area contributed by atoms with E-state index in [-0.39, 0.29) is 57.7 Å². The Balaban J connectivity index is 1.79. The summed E-state index contributed by atoms with van der Waals surface area (Å²) in [6.45, 7) is 6.85. The van der Waals surface area contributed by atoms with E-state index in [2.05, 4.69) is 29.8 Å². The lowest BCUT2D eigenvalue weighted by Crippen LogP contribution is -2.18. The molecule has 0 saturated carbocycles. The Morgan fingerprint density at radius 1 is 0.761 bits per heavy atom. The van der Waals surface area contributed by atoms with Crippen LogP contribution in [0.2, 0.25) is 0 Å². The Morgan fingerprint density at radius 3 is 1.70 bits per heavy atom. The number of hydrogen-bond donors (Lipinski definition) is 4. The number of aromatic hydroxyl groups is 2. The van der Waals surface area contributed by atoms with Gasteiger partial charge in [-0.05, 0) is 68.7 Å². The molecule has 0 radical (unpaired) electrons. The van der Waals surface area contributed by atoms with Crippen molar-refractivity contribution >= 4 is 44.9 Å². The summed E-state index contributed by atoms with van der Waals surface area (Å²) >= 11 is 0.488. The average Bonchev–Trinajstić information content (AvgIpc) is 2.99. The van der Waals surface area contributed by atoms with Crippen LogP contribution in [0, 0.1) is 13.8 Å². The molecule has 2 aromatic carbocycles. The van der Waals surface area contributed by atoms with E-state index in [1.807, 2.05) is 0 Å². The first-order chi connectivity index (χ1) is 21.8. The molecule has 0 bridgehead atoms. The van der Waals surface area contributed by atoms with E-state index in [1.54, 1.807) is 27.7 Å². The van der Waals surface area contributed by atoms with Crippen LogP contribution in [0.15, 0.2) is 88.4 Å². The monoisotopic (exact) mass is 672 g/mol. The van der Waals surface area contributed by atoms with Crippen molar-refractivity contribution in [3.63, 3.8) is 0 Å². The van der Waals surface area contributed by atoms with E-state index in [9.17, 15) is 32.8 Å². The van der Waals surface area contributed by atoms with Crippen LogP contribution < -0.4 is 11.1 Å². The van der Waals surface area contributed by atoms with Gasteiger partial charge in [0.05, 0.1) is 23.4 Å². The number of nitrogens with zero attached hydrogens (tertiary/aromatic N) is 6. The first-order valence-electron chi connectivity index (χ1n) is 13.4. The molecule has 0 unspecified atom stereocenters. The van der Waals surface area contributed by atoms with Gasteiger partial charge in [-0.25, -0.2) is 5.26 Å². The quantitative estimate of drug-likeness (QED) is 0.0457. The molecule has 0 spiro atoms. The fourth-order valence-corrected chi connectivity index (χ4v) is 5.75. The highest BCUT2D eigenvalue weighted by atomic mass is 32.2. The summed E-state index contributed by atoms with van der Waals surface area (Å²) < 4.78 is 41.9. The summed E-state index contributed by atoms with van der Waals surface area (Å²) in [4.78, 5) is 23.8. The highest BCUT2D eigenvalue weighted by molar-refractivity contribution is 7.94. The molecule has 46 heavy (non-hydrogen) atoms. The molecule has 0 aliphatic carbocycles. The number of benzene rings is 2. The Kier molecular flexibility index (Phi) is 10.5. The Morgan fingerprint density at radius 2 is 1.24 bits per heavy atom. The third-order valence-electron chi connectivity index (χ3n) is 6.71. The Bertz CT molecular complexity index is 2090. The van der Waals surface area contributed by atoms with Crippen molar-refractivity contribution in [1.29, 1.82) is 0 Å². The zero-order chi connectivity index (χ0) is 33.8. The molecule has 18 heteroatoms. The minimum absolute atomic E-state index is 0.000480. The standard InChI is InChI=1S/C28H28N6O10S2/c1-5-33-23(35)11-15(3)25(27(33)37)31-29-17-7-9-19(21(13-17)45-44-43-39)20-10-8-18(14-22(20)46(40,41)42)30-32-26-16(4)12-24(36)34(6-2)28(26)38/h7-14,37-39H,5-6H2,1-4H3,(H,40,41,42). The smallest absolute Gasteiger partial charge is 0.295 e. The molecule has 0 atom stereocenters. The molecule has 0 amide bonds. The predicted octanol–water partition coefficient (Wildman–Crippen LogP) is 6.25. The van der Waals surface area contributed by atoms with Gasteiger partial charge in [0.15, 0.2) is 0 Å². The summed E-state index contributed by atoms with van der Waals surface area (Å²) in [6.07, 6.45) is 0. The number of pyridine rings is 2. The van der Waals surface area contributed by atoms with E-state index in [1.165, 1.54) is 42.5 Å². The minimum atomic E-state index is -4.86. The van der Waals surface area contributed by atoms with Crippen LogP contribution in [0.1, 0.15) is 25.0 Å². The molecule has 16 nitrogen and oxygen atoms in total. The largest absolute Gasteiger partial charge is 0.493 e. The van der Waals surface area contributed by atoms with Crippen LogP contribution >= 0.6 is 12.0 Å². The van der Waals surface area contributed by atoms with Gasteiger partial charge in [-0.2, -0.15) is 18.6 Å². The Labute approximate surface area is 265 Å². The maximum absolute atomic E-state index is 12.5. The molecule has 4 N–H and O–H groups in total. The summed E-state index contributed by atoms with van der Waals surface area (Å²) in [7, 11) is -4.86. The van der Waals surface area contributed by atoms with Crippen molar-refractivity contribution < 1.29 is 37.8 Å². The molecular formula is C28H28N6O10S2. The molecule has 0 aliphatic rings. The second-order valence-corrected chi connectivity index (χ2v) is 11.8. The van der Waals surface area contributed by atoms with Crippen molar-refractivity contribution in [2.24, 2.45) is 20.5 Å². The molecule has 0 fully saturated rings. The van der Waals surface area contributed by atoms with Crippen molar-refractivity contribution in [2.45, 2.75) is 50.6 Å². The van der Waals surface area contributed by atoms with E-state index in [0.29, 0.717) is 23.2 Å². The SMILES string of the molecule is CCn1c(O)c(N=Nc2ccc(-c3ccc(N=Nc4c(C)cc(=O)n(CC)c4O)cc3S(=O)(=O)O)c(SOOO)c2)c(C)cc1=O. The van der Waals surface area contributed by atoms with Gasteiger partial charge in [0.1, 0.15) is 16.3 Å². The molecule has 2 heterocycles. The van der Waals surface area contributed by atoms with Gasteiger partial charge in [0.2, 0.25) is 11.8 Å². The van der Waals surface area contributed by atoms with E-state index in [0.717, 1.165) is 15.2 Å². The first kappa shape index (κ1) is 34.2. The lowest BCUT2D eigenvalue weighted by atomic mass is 10.0. The van der Waals surface area contributed by atoms with Gasteiger partial charge in [0.25, 0.3) is 21.2 Å². The highest BCUT2D eigenvalue weighted by Gasteiger charge is 2.21. The summed E-state index contributed by atoms with van der Waals surface area (Å²) in [6, 6.07) is 10.7. The zero-order valence-electron chi connectivity index (χ0n) is 24.8. The van der Waals surface area contributed by atoms with Gasteiger partial charge in [-0.15, -0.1) is 14.6 Å². The third kappa shape index (κ3) is 7.22. The molecule has 4 rings (SSSR count). The highest BCUT2D eigenvalue weighted by Crippen LogP contribution is 2.40. The van der Waals surface area contributed by atoms with Crippen LogP contribution in [-0.4, -0.2) is 37.6 Å². The van der Waals surface area contributed by atoms with Crippen molar-refractivity contribution in [3.05, 3.63) is 80.4 Å². The molecule has 242 valence electrons. The number of azo groups is 2. The maximum atomic E-state index is 12.5. The fourth-order valence-electron chi connectivity index (χ4n) is 4.48. The fraction of sp³-hybridized carbons (Fsp3) is 0.214. The van der Waals surface area contributed by atoms with E-state index in [4.69, 9.17) is 5.26 Å². The maximum Gasteiger partial charge on any atom is 0.295 e. The van der Waals surface area contributed by atoms with Crippen LogP contribution in [0.5, 0.6) is 11.8 Å². The number of aromatic nitrogens is 2. The topological polar surface area (TPSA) is 227 Å². The number of aryl methyl sites for hydroxylation is 2. The van der Waals surface area contributed by atoms with Gasteiger partial charge >= 0.3 is 0 Å². The molecule has 0 saturated heterocycles. The van der Waals surface area contributed by atoms with Gasteiger partial charge in [-0.3, -0.25) is 23.3 Å². The number of hydrogen-bond acceptors (Lipinski definition) is 14. The van der Waals surface area contributed by atoms with Gasteiger partial charge in [-0.1, -0.05) is 17.2 Å². The average molecular weight is 673 g/mol. The van der Waals surface area contributed by atoms with Crippen LogP contribution in [0.4, 0.5) is 22.7 Å². The van der Waals surface area contributed by atoms with Gasteiger partial charge < -0.3 is 10.2 Å². The number of rotatable bonds is 11. The van der Waals surface area contributed by atoms with Crippen molar-refractivity contribution in [3.8, 4) is 22.9 Å².